The summed E-state index contributed by atoms with van der Waals surface area (Å²) >= 11 is 0. The third-order valence-corrected chi connectivity index (χ3v) is 6.81. The predicted octanol–water partition coefficient (Wildman–Crippen LogP) is 5.43. The van der Waals surface area contributed by atoms with Crippen LogP contribution in [0.15, 0.2) is 84.9 Å². The van der Waals surface area contributed by atoms with Gasteiger partial charge in [-0.2, -0.15) is 0 Å². The van der Waals surface area contributed by atoms with E-state index in [9.17, 15) is 5.11 Å². The molecule has 3 heteroatoms. The summed E-state index contributed by atoms with van der Waals surface area (Å²) in [5, 5.41) is 11.8. The van der Waals surface area contributed by atoms with Crippen LogP contribution in [0.2, 0.25) is 0 Å². The number of hydrogen-bond donors (Lipinski definition) is 1. The van der Waals surface area contributed by atoms with Gasteiger partial charge in [0.25, 0.3) is 0 Å². The van der Waals surface area contributed by atoms with Crippen LogP contribution in [-0.4, -0.2) is 29.7 Å². The van der Waals surface area contributed by atoms with Crippen LogP contribution >= 0.6 is 0 Å². The van der Waals surface area contributed by atoms with Crippen molar-refractivity contribution in [2.45, 2.75) is 44.4 Å². The number of ether oxygens (including phenoxy) is 1. The fourth-order valence-corrected chi connectivity index (χ4v) is 5.06. The van der Waals surface area contributed by atoms with Gasteiger partial charge in [-0.05, 0) is 61.6 Å². The molecule has 31 heavy (non-hydrogen) atoms. The highest BCUT2D eigenvalue weighted by molar-refractivity contribution is 5.29. The van der Waals surface area contributed by atoms with Gasteiger partial charge in [0.05, 0.1) is 12.7 Å². The summed E-state index contributed by atoms with van der Waals surface area (Å²) in [5.74, 6) is 1.02. The average molecular weight is 416 g/mol. The number of rotatable bonds is 7. The second-order valence-electron chi connectivity index (χ2n) is 8.84. The Morgan fingerprint density at radius 3 is 2.19 bits per heavy atom. The first-order valence-electron chi connectivity index (χ1n) is 11.3. The molecule has 1 heterocycles. The predicted molar refractivity (Wildman–Crippen MR) is 126 cm³/mol. The Morgan fingerprint density at radius 1 is 0.903 bits per heavy atom. The standard InChI is InChI=1S/C28H33NO2/c1-28(30,24-12-7-4-8-13-24)26-14-9-19-29(21-23-10-5-3-6-11-23)27(26)20-22-15-17-25(31-2)18-16-22/h3-8,10-13,15-18,26-27,30H,9,14,19-21H2,1-2H3/t26-,27-,28?/m1/s1. The highest BCUT2D eigenvalue weighted by Crippen LogP contribution is 2.40. The minimum absolute atomic E-state index is 0.148. The molecule has 0 aromatic heterocycles. The summed E-state index contributed by atoms with van der Waals surface area (Å²) in [4.78, 5) is 2.57. The molecule has 1 aliphatic heterocycles. The van der Waals surface area contributed by atoms with Crippen molar-refractivity contribution in [3.63, 3.8) is 0 Å². The van der Waals surface area contributed by atoms with E-state index in [0.29, 0.717) is 0 Å². The van der Waals surface area contributed by atoms with Crippen LogP contribution in [0.25, 0.3) is 0 Å². The van der Waals surface area contributed by atoms with E-state index in [0.717, 1.165) is 43.7 Å². The summed E-state index contributed by atoms with van der Waals surface area (Å²) in [6.07, 6.45) is 3.03. The zero-order valence-electron chi connectivity index (χ0n) is 18.6. The number of nitrogens with zero attached hydrogens (tertiary/aromatic N) is 1. The van der Waals surface area contributed by atoms with Gasteiger partial charge in [0, 0.05) is 18.5 Å². The van der Waals surface area contributed by atoms with Gasteiger partial charge in [0.2, 0.25) is 0 Å². The van der Waals surface area contributed by atoms with Gasteiger partial charge >= 0.3 is 0 Å². The molecule has 1 unspecified atom stereocenters. The molecule has 3 nitrogen and oxygen atoms in total. The lowest BCUT2D eigenvalue weighted by atomic mass is 9.72. The first-order chi connectivity index (χ1) is 15.1. The molecule has 1 aliphatic rings. The van der Waals surface area contributed by atoms with Crippen LogP contribution < -0.4 is 4.74 Å². The van der Waals surface area contributed by atoms with Gasteiger partial charge in [-0.3, -0.25) is 4.90 Å². The number of benzene rings is 3. The fourth-order valence-electron chi connectivity index (χ4n) is 5.06. The second-order valence-corrected chi connectivity index (χ2v) is 8.84. The molecule has 3 aromatic carbocycles. The largest absolute Gasteiger partial charge is 0.497 e. The lowest BCUT2D eigenvalue weighted by Gasteiger charge is -2.47. The molecule has 0 saturated carbocycles. The summed E-state index contributed by atoms with van der Waals surface area (Å²) < 4.78 is 5.34. The van der Waals surface area contributed by atoms with E-state index in [-0.39, 0.29) is 12.0 Å². The van der Waals surface area contributed by atoms with Gasteiger partial charge in [0.15, 0.2) is 0 Å². The number of likely N-dealkylation sites (tertiary alicyclic amines) is 1. The quantitative estimate of drug-likeness (QED) is 0.559. The summed E-state index contributed by atoms with van der Waals surface area (Å²) in [5.41, 5.74) is 2.72. The van der Waals surface area contributed by atoms with Gasteiger partial charge in [0.1, 0.15) is 5.75 Å². The Kier molecular flexibility index (Phi) is 6.74. The molecular formula is C28H33NO2. The molecule has 0 aliphatic carbocycles. The maximum atomic E-state index is 11.8. The van der Waals surface area contributed by atoms with E-state index in [1.54, 1.807) is 7.11 Å². The minimum atomic E-state index is -0.881. The van der Waals surface area contributed by atoms with Gasteiger partial charge in [-0.25, -0.2) is 0 Å². The number of hydrogen-bond acceptors (Lipinski definition) is 3. The Hall–Kier alpha value is -2.62. The van der Waals surface area contributed by atoms with Crippen LogP contribution in [0, 0.1) is 5.92 Å². The van der Waals surface area contributed by atoms with E-state index in [1.807, 2.05) is 37.3 Å². The highest BCUT2D eigenvalue weighted by atomic mass is 16.5. The number of aliphatic hydroxyl groups is 1. The van der Waals surface area contributed by atoms with Crippen molar-refractivity contribution >= 4 is 0 Å². The van der Waals surface area contributed by atoms with Crippen LogP contribution in [0.1, 0.15) is 36.5 Å². The van der Waals surface area contributed by atoms with Crippen molar-refractivity contribution in [3.8, 4) is 5.75 Å². The maximum Gasteiger partial charge on any atom is 0.118 e. The number of methoxy groups -OCH3 is 1. The Bertz CT molecular complexity index is 938. The lowest BCUT2D eigenvalue weighted by molar-refractivity contribution is -0.0708. The molecule has 1 saturated heterocycles. The van der Waals surface area contributed by atoms with E-state index in [2.05, 4.69) is 59.5 Å². The average Bonchev–Trinajstić information content (AvgIpc) is 2.82. The smallest absolute Gasteiger partial charge is 0.118 e. The van der Waals surface area contributed by atoms with Crippen LogP contribution in [0.3, 0.4) is 0 Å². The normalized spacial score (nSPS) is 21.4. The minimum Gasteiger partial charge on any atom is -0.497 e. The fraction of sp³-hybridized carbons (Fsp3) is 0.357. The van der Waals surface area contributed by atoms with E-state index >= 15 is 0 Å². The zero-order valence-corrected chi connectivity index (χ0v) is 18.6. The summed E-state index contributed by atoms with van der Waals surface area (Å²) in [7, 11) is 1.70. The van der Waals surface area contributed by atoms with Crippen LogP contribution in [-0.2, 0) is 18.6 Å². The lowest BCUT2D eigenvalue weighted by Crippen LogP contribution is -2.52. The topological polar surface area (TPSA) is 32.7 Å². The van der Waals surface area contributed by atoms with Crippen molar-refractivity contribution in [3.05, 3.63) is 102 Å². The Balaban J connectivity index is 1.65. The first kappa shape index (κ1) is 21.6. The van der Waals surface area contributed by atoms with E-state index in [1.165, 1.54) is 11.1 Å². The molecule has 0 spiro atoms. The monoisotopic (exact) mass is 415 g/mol. The van der Waals surface area contributed by atoms with Crippen molar-refractivity contribution in [1.29, 1.82) is 0 Å². The van der Waals surface area contributed by atoms with E-state index < -0.39 is 5.60 Å². The molecule has 162 valence electrons. The molecule has 3 atom stereocenters. The summed E-state index contributed by atoms with van der Waals surface area (Å²) in [6, 6.07) is 29.5. The van der Waals surface area contributed by atoms with E-state index in [4.69, 9.17) is 4.74 Å². The highest BCUT2D eigenvalue weighted by Gasteiger charge is 2.43. The van der Waals surface area contributed by atoms with Crippen LogP contribution in [0.4, 0.5) is 0 Å². The van der Waals surface area contributed by atoms with Gasteiger partial charge < -0.3 is 9.84 Å². The van der Waals surface area contributed by atoms with Gasteiger partial charge in [-0.15, -0.1) is 0 Å². The van der Waals surface area contributed by atoms with Crippen molar-refractivity contribution < 1.29 is 9.84 Å². The van der Waals surface area contributed by atoms with Crippen molar-refractivity contribution in [2.24, 2.45) is 5.92 Å². The second kappa shape index (κ2) is 9.67. The molecule has 1 N–H and O–H groups in total. The molecule has 0 radical (unpaired) electrons. The van der Waals surface area contributed by atoms with Crippen LogP contribution in [0.5, 0.6) is 5.75 Å². The molecule has 1 fully saturated rings. The molecule has 3 aromatic rings. The zero-order chi connectivity index (χ0) is 21.7. The molecule has 0 amide bonds. The SMILES string of the molecule is COc1ccc(C[C@@H]2[C@H](C(C)(O)c3ccccc3)CCCN2Cc2ccccc2)cc1. The Morgan fingerprint density at radius 2 is 1.55 bits per heavy atom. The Labute approximate surface area is 186 Å². The maximum absolute atomic E-state index is 11.8. The molecule has 4 rings (SSSR count). The number of piperidine rings is 1. The van der Waals surface area contributed by atoms with Crippen molar-refractivity contribution in [1.82, 2.24) is 4.90 Å². The van der Waals surface area contributed by atoms with Gasteiger partial charge in [-0.1, -0.05) is 72.8 Å². The van der Waals surface area contributed by atoms with Crippen molar-refractivity contribution in [2.75, 3.05) is 13.7 Å². The summed E-state index contributed by atoms with van der Waals surface area (Å²) in [6.45, 7) is 3.96. The third-order valence-electron chi connectivity index (χ3n) is 6.81. The first-order valence-corrected chi connectivity index (χ1v) is 11.3. The molecular weight excluding hydrogens is 382 g/mol. The third kappa shape index (κ3) is 5.00. The molecule has 0 bridgehead atoms.